The average Bonchev–Trinajstić information content (AvgIpc) is 2.39. The second-order valence-electron chi connectivity index (χ2n) is 4.38. The first-order chi connectivity index (χ1) is 9.85. The molecule has 0 heterocycles. The molecular formula is C13H15F3N2O3. The van der Waals surface area contributed by atoms with Crippen molar-refractivity contribution in [3.05, 3.63) is 29.6 Å². The minimum atomic E-state index is -1.45. The first kappa shape index (κ1) is 16.8. The van der Waals surface area contributed by atoms with E-state index in [2.05, 4.69) is 5.32 Å². The maximum absolute atomic E-state index is 13.3. The van der Waals surface area contributed by atoms with Crippen molar-refractivity contribution in [2.75, 3.05) is 5.32 Å². The minimum absolute atomic E-state index is 0.194. The lowest BCUT2D eigenvalue weighted by Gasteiger charge is -2.15. The number of aliphatic carboxylic acids is 1. The fraction of sp³-hybridized carbons (Fsp3) is 0.385. The first-order valence-electron chi connectivity index (χ1n) is 6.30. The maximum Gasteiger partial charge on any atom is 0.326 e. The van der Waals surface area contributed by atoms with Crippen LogP contribution in [0.15, 0.2) is 12.1 Å². The second-order valence-corrected chi connectivity index (χ2v) is 4.38. The molecule has 5 nitrogen and oxygen atoms in total. The van der Waals surface area contributed by atoms with E-state index in [4.69, 9.17) is 5.11 Å². The van der Waals surface area contributed by atoms with Gasteiger partial charge in [-0.3, -0.25) is 0 Å². The predicted octanol–water partition coefficient (Wildman–Crippen LogP) is 2.87. The molecule has 0 aromatic heterocycles. The Hall–Kier alpha value is -2.25. The van der Waals surface area contributed by atoms with Crippen LogP contribution in [0.4, 0.5) is 23.7 Å². The van der Waals surface area contributed by atoms with E-state index in [1.165, 1.54) is 0 Å². The zero-order chi connectivity index (χ0) is 16.0. The van der Waals surface area contributed by atoms with Gasteiger partial charge in [0.2, 0.25) is 0 Å². The number of halogens is 3. The van der Waals surface area contributed by atoms with E-state index in [-0.39, 0.29) is 6.42 Å². The molecule has 2 amide bonds. The summed E-state index contributed by atoms with van der Waals surface area (Å²) in [7, 11) is 0. The quantitative estimate of drug-likeness (QED) is 0.707. The molecule has 0 fully saturated rings. The minimum Gasteiger partial charge on any atom is -0.480 e. The van der Waals surface area contributed by atoms with Gasteiger partial charge < -0.3 is 15.7 Å². The molecule has 1 aromatic carbocycles. The van der Waals surface area contributed by atoms with Crippen LogP contribution in [-0.4, -0.2) is 23.1 Å². The van der Waals surface area contributed by atoms with Gasteiger partial charge in [-0.1, -0.05) is 19.8 Å². The molecule has 21 heavy (non-hydrogen) atoms. The van der Waals surface area contributed by atoms with Crippen molar-refractivity contribution in [2.45, 2.75) is 32.2 Å². The highest BCUT2D eigenvalue weighted by Crippen LogP contribution is 2.19. The van der Waals surface area contributed by atoms with E-state index in [0.717, 1.165) is 6.42 Å². The van der Waals surface area contributed by atoms with Crippen molar-refractivity contribution in [1.29, 1.82) is 0 Å². The number of benzene rings is 1. The van der Waals surface area contributed by atoms with Crippen molar-refractivity contribution in [3.8, 4) is 0 Å². The highest BCUT2D eigenvalue weighted by Gasteiger charge is 2.20. The van der Waals surface area contributed by atoms with Gasteiger partial charge in [-0.25, -0.2) is 22.8 Å². The van der Waals surface area contributed by atoms with Gasteiger partial charge in [-0.2, -0.15) is 0 Å². The summed E-state index contributed by atoms with van der Waals surface area (Å²) in [6, 6.07) is -1.28. The first-order valence-corrected chi connectivity index (χ1v) is 6.30. The Labute approximate surface area is 119 Å². The third kappa shape index (κ3) is 4.97. The summed E-state index contributed by atoms with van der Waals surface area (Å²) >= 11 is 0. The van der Waals surface area contributed by atoms with E-state index in [9.17, 15) is 22.8 Å². The summed E-state index contributed by atoms with van der Waals surface area (Å²) in [5.74, 6) is -5.19. The Morgan fingerprint density at radius 3 is 2.52 bits per heavy atom. The number of carboxylic acids is 1. The fourth-order valence-electron chi connectivity index (χ4n) is 1.63. The molecule has 0 aliphatic carbocycles. The number of carbonyl (C=O) groups excluding carboxylic acids is 1. The molecule has 0 bridgehead atoms. The largest absolute Gasteiger partial charge is 0.480 e. The Morgan fingerprint density at radius 2 is 1.95 bits per heavy atom. The van der Waals surface area contributed by atoms with Crippen LogP contribution in [-0.2, 0) is 4.79 Å². The number of urea groups is 1. The van der Waals surface area contributed by atoms with Crippen LogP contribution in [0.2, 0.25) is 0 Å². The zero-order valence-electron chi connectivity index (χ0n) is 11.3. The summed E-state index contributed by atoms with van der Waals surface area (Å²) in [6.45, 7) is 1.85. The monoisotopic (exact) mass is 304 g/mol. The molecule has 0 saturated heterocycles. The van der Waals surface area contributed by atoms with E-state index in [0.29, 0.717) is 18.6 Å². The Morgan fingerprint density at radius 1 is 1.29 bits per heavy atom. The van der Waals surface area contributed by atoms with Crippen molar-refractivity contribution < 1.29 is 27.9 Å². The summed E-state index contributed by atoms with van der Waals surface area (Å²) in [5, 5.41) is 12.9. The summed E-state index contributed by atoms with van der Waals surface area (Å²) < 4.78 is 39.3. The van der Waals surface area contributed by atoms with E-state index in [1.54, 1.807) is 0 Å². The lowest BCUT2D eigenvalue weighted by molar-refractivity contribution is -0.139. The summed E-state index contributed by atoms with van der Waals surface area (Å²) in [4.78, 5) is 22.5. The third-order valence-electron chi connectivity index (χ3n) is 2.69. The van der Waals surface area contributed by atoms with Gasteiger partial charge >= 0.3 is 12.0 Å². The highest BCUT2D eigenvalue weighted by molar-refractivity contribution is 5.92. The van der Waals surface area contributed by atoms with Crippen LogP contribution in [0.1, 0.15) is 26.2 Å². The number of carbonyl (C=O) groups is 2. The molecule has 116 valence electrons. The summed E-state index contributed by atoms with van der Waals surface area (Å²) in [6.07, 6.45) is 1.50. The number of hydrogen-bond acceptors (Lipinski definition) is 2. The van der Waals surface area contributed by atoms with Gasteiger partial charge in [0.1, 0.15) is 11.9 Å². The highest BCUT2D eigenvalue weighted by atomic mass is 19.2. The molecule has 3 N–H and O–H groups in total. The van der Waals surface area contributed by atoms with Crippen LogP contribution in [0.25, 0.3) is 0 Å². The lowest BCUT2D eigenvalue weighted by atomic mass is 10.1. The van der Waals surface area contributed by atoms with Crippen molar-refractivity contribution in [2.24, 2.45) is 0 Å². The number of carboxylic acid groups (broad SMARTS) is 1. The van der Waals surface area contributed by atoms with Gasteiger partial charge in [0.15, 0.2) is 11.6 Å². The van der Waals surface area contributed by atoms with Crippen LogP contribution >= 0.6 is 0 Å². The molecule has 8 heteroatoms. The molecule has 0 aliphatic rings. The molecule has 0 radical (unpaired) electrons. The van der Waals surface area contributed by atoms with Crippen molar-refractivity contribution in [1.82, 2.24) is 5.32 Å². The Bertz CT molecular complexity index is 538. The van der Waals surface area contributed by atoms with Gasteiger partial charge in [0.05, 0.1) is 5.69 Å². The molecule has 0 spiro atoms. The number of rotatable bonds is 6. The van der Waals surface area contributed by atoms with E-state index in [1.807, 2.05) is 12.2 Å². The number of amides is 2. The Kier molecular flexibility index (Phi) is 6.01. The zero-order valence-corrected chi connectivity index (χ0v) is 11.3. The molecule has 0 aliphatic heterocycles. The topological polar surface area (TPSA) is 78.4 Å². The number of anilines is 1. The predicted molar refractivity (Wildman–Crippen MR) is 69.4 cm³/mol. The molecular weight excluding hydrogens is 289 g/mol. The SMILES string of the molecule is CCCCC(NC(=O)Nc1cc(F)cc(F)c1F)C(=O)O. The average molecular weight is 304 g/mol. The smallest absolute Gasteiger partial charge is 0.326 e. The fourth-order valence-corrected chi connectivity index (χ4v) is 1.63. The second kappa shape index (κ2) is 7.51. The van der Waals surface area contributed by atoms with Crippen LogP contribution in [0, 0.1) is 17.5 Å². The number of unbranched alkanes of at least 4 members (excludes halogenated alkanes) is 1. The maximum atomic E-state index is 13.3. The molecule has 1 unspecified atom stereocenters. The molecule has 1 atom stereocenters. The van der Waals surface area contributed by atoms with Crippen LogP contribution in [0.5, 0.6) is 0 Å². The summed E-state index contributed by atoms with van der Waals surface area (Å²) in [5.41, 5.74) is -0.704. The van der Waals surface area contributed by atoms with E-state index >= 15 is 0 Å². The van der Waals surface area contributed by atoms with Crippen LogP contribution < -0.4 is 10.6 Å². The van der Waals surface area contributed by atoms with Gasteiger partial charge in [-0.15, -0.1) is 0 Å². The van der Waals surface area contributed by atoms with Gasteiger partial charge in [0, 0.05) is 12.1 Å². The molecule has 1 rings (SSSR count). The van der Waals surface area contributed by atoms with E-state index < -0.39 is 41.2 Å². The number of nitrogens with one attached hydrogen (secondary N) is 2. The number of hydrogen-bond donors (Lipinski definition) is 3. The third-order valence-corrected chi connectivity index (χ3v) is 2.69. The van der Waals surface area contributed by atoms with Crippen molar-refractivity contribution in [3.63, 3.8) is 0 Å². The van der Waals surface area contributed by atoms with Crippen LogP contribution in [0.3, 0.4) is 0 Å². The Balaban J connectivity index is 2.74. The van der Waals surface area contributed by atoms with Gasteiger partial charge in [-0.05, 0) is 6.42 Å². The van der Waals surface area contributed by atoms with Gasteiger partial charge in [0.25, 0.3) is 0 Å². The standard InChI is InChI=1S/C13H15F3N2O3/c1-2-3-4-9(12(19)20)17-13(21)18-10-6-7(14)5-8(15)11(10)16/h5-6,9H,2-4H2,1H3,(H,19,20)(H2,17,18,21). The molecule has 0 saturated carbocycles. The normalized spacial score (nSPS) is 11.8. The lowest BCUT2D eigenvalue weighted by Crippen LogP contribution is -2.43. The van der Waals surface area contributed by atoms with Crippen molar-refractivity contribution >= 4 is 17.7 Å². The molecule has 1 aromatic rings.